The number of hydrogen-bond donors (Lipinski definition) is 2. The minimum atomic E-state index is -0.646. The van der Waals surface area contributed by atoms with E-state index in [0.29, 0.717) is 31.5 Å². The van der Waals surface area contributed by atoms with Crippen molar-refractivity contribution < 1.29 is 14.4 Å². The summed E-state index contributed by atoms with van der Waals surface area (Å²) in [5.74, 6) is -0.430. The number of carbonyl (C=O) groups excluding carboxylic acids is 3. The topological polar surface area (TPSA) is 78.5 Å². The molecule has 0 radical (unpaired) electrons. The third kappa shape index (κ3) is 6.66. The van der Waals surface area contributed by atoms with Gasteiger partial charge >= 0.3 is 0 Å². The molecule has 1 aliphatic heterocycles. The number of piperidine rings is 1. The van der Waals surface area contributed by atoms with Gasteiger partial charge in [-0.15, -0.1) is 0 Å². The molecule has 0 aromatic heterocycles. The van der Waals surface area contributed by atoms with Crippen molar-refractivity contribution in [3.05, 3.63) is 34.9 Å². The van der Waals surface area contributed by atoms with E-state index in [1.54, 1.807) is 0 Å². The number of nitrogens with zero attached hydrogens (tertiary/aromatic N) is 1. The monoisotopic (exact) mass is 415 g/mol. The summed E-state index contributed by atoms with van der Waals surface area (Å²) in [5, 5.41) is 6.01. The highest BCUT2D eigenvalue weighted by Gasteiger charge is 2.26. The largest absolute Gasteiger partial charge is 0.329 e. The van der Waals surface area contributed by atoms with Gasteiger partial charge in [0.1, 0.15) is 6.04 Å². The summed E-state index contributed by atoms with van der Waals surface area (Å²) in [6, 6.07) is 6.70. The van der Waals surface area contributed by atoms with E-state index in [9.17, 15) is 14.4 Å². The van der Waals surface area contributed by atoms with Crippen LogP contribution in [0.3, 0.4) is 0 Å². The van der Waals surface area contributed by atoms with Crippen LogP contribution in [0.1, 0.15) is 87.9 Å². The summed E-state index contributed by atoms with van der Waals surface area (Å²) < 4.78 is 0. The molecule has 6 nitrogen and oxygen atoms in total. The zero-order valence-electron chi connectivity index (χ0n) is 18.7. The molecule has 1 aromatic rings. The lowest BCUT2D eigenvalue weighted by molar-refractivity contribution is -0.135. The van der Waals surface area contributed by atoms with E-state index in [1.807, 2.05) is 13.8 Å². The summed E-state index contributed by atoms with van der Waals surface area (Å²) in [5.41, 5.74) is 3.37. The first-order chi connectivity index (χ1) is 14.5. The predicted octanol–water partition coefficient (Wildman–Crippen LogP) is 3.77. The Bertz CT molecular complexity index is 707. The highest BCUT2D eigenvalue weighted by atomic mass is 16.2. The zero-order chi connectivity index (χ0) is 21.9. The van der Waals surface area contributed by atoms with Gasteiger partial charge in [0.25, 0.3) is 0 Å². The second-order valence-corrected chi connectivity index (χ2v) is 8.38. The second kappa shape index (κ2) is 12.5. The Balaban J connectivity index is 2.17. The minimum absolute atomic E-state index is 0.328. The Morgan fingerprint density at radius 1 is 1.27 bits per heavy atom. The van der Waals surface area contributed by atoms with Crippen LogP contribution in [0.5, 0.6) is 0 Å². The molecule has 0 spiro atoms. The van der Waals surface area contributed by atoms with Gasteiger partial charge in [-0.1, -0.05) is 57.7 Å². The van der Waals surface area contributed by atoms with Crippen LogP contribution in [0.2, 0.25) is 0 Å². The van der Waals surface area contributed by atoms with Crippen molar-refractivity contribution in [1.29, 1.82) is 0 Å². The molecule has 3 amide bonds. The molecule has 30 heavy (non-hydrogen) atoms. The Labute approximate surface area is 180 Å². The van der Waals surface area contributed by atoms with Gasteiger partial charge in [-0.2, -0.15) is 0 Å². The van der Waals surface area contributed by atoms with Gasteiger partial charge in [0.2, 0.25) is 18.7 Å². The average Bonchev–Trinajstić information content (AvgIpc) is 2.76. The Morgan fingerprint density at radius 3 is 2.73 bits per heavy atom. The van der Waals surface area contributed by atoms with Crippen LogP contribution in [-0.4, -0.2) is 35.7 Å². The molecule has 2 rings (SSSR count). The maximum Gasteiger partial charge on any atom is 0.249 e. The van der Waals surface area contributed by atoms with E-state index in [-0.39, 0.29) is 0 Å². The zero-order valence-corrected chi connectivity index (χ0v) is 18.7. The van der Waals surface area contributed by atoms with Crippen molar-refractivity contribution in [2.75, 3.05) is 0 Å². The van der Waals surface area contributed by atoms with Crippen LogP contribution in [0.4, 0.5) is 0 Å². The fraction of sp³-hybridized carbons (Fsp3) is 0.625. The normalized spacial score (nSPS) is 19.7. The van der Waals surface area contributed by atoms with Crippen molar-refractivity contribution in [1.82, 2.24) is 15.5 Å². The quantitative estimate of drug-likeness (QED) is 0.510. The van der Waals surface area contributed by atoms with E-state index in [2.05, 4.69) is 35.8 Å². The van der Waals surface area contributed by atoms with Gasteiger partial charge in [0.05, 0.1) is 0 Å². The van der Waals surface area contributed by atoms with E-state index >= 15 is 0 Å². The molecule has 166 valence electrons. The van der Waals surface area contributed by atoms with Gasteiger partial charge in [-0.25, -0.2) is 0 Å². The highest BCUT2D eigenvalue weighted by Crippen LogP contribution is 2.29. The first-order valence-electron chi connectivity index (χ1n) is 11.3. The van der Waals surface area contributed by atoms with Gasteiger partial charge < -0.3 is 10.2 Å². The summed E-state index contributed by atoms with van der Waals surface area (Å²) in [6.07, 6.45) is 9.61. The lowest BCUT2D eigenvalue weighted by Gasteiger charge is -2.32. The molecule has 1 aromatic carbocycles. The van der Waals surface area contributed by atoms with E-state index < -0.39 is 11.9 Å². The molecular formula is C24H37N3O3. The van der Waals surface area contributed by atoms with Crippen molar-refractivity contribution in [3.8, 4) is 0 Å². The number of nitrogens with one attached hydrogen (secondary N) is 2. The molecule has 0 bridgehead atoms. The first-order valence-corrected chi connectivity index (χ1v) is 11.3. The minimum Gasteiger partial charge on any atom is -0.329 e. The van der Waals surface area contributed by atoms with Crippen LogP contribution in [-0.2, 0) is 20.9 Å². The van der Waals surface area contributed by atoms with Crippen LogP contribution >= 0.6 is 0 Å². The fourth-order valence-corrected chi connectivity index (χ4v) is 4.33. The van der Waals surface area contributed by atoms with Crippen LogP contribution < -0.4 is 10.6 Å². The predicted molar refractivity (Wildman–Crippen MR) is 119 cm³/mol. The molecule has 1 heterocycles. The molecule has 0 saturated carbocycles. The molecule has 3 unspecified atom stereocenters. The van der Waals surface area contributed by atoms with E-state index in [1.165, 1.54) is 42.6 Å². The number of benzene rings is 1. The number of hydrogen-bond acceptors (Lipinski definition) is 4. The van der Waals surface area contributed by atoms with Gasteiger partial charge in [-0.3, -0.25) is 19.7 Å². The second-order valence-electron chi connectivity index (χ2n) is 8.38. The number of carbonyl (C=O) groups is 3. The third-order valence-corrected chi connectivity index (χ3v) is 6.12. The van der Waals surface area contributed by atoms with Gasteiger partial charge in [0.15, 0.2) is 0 Å². The number of rotatable bonds is 12. The van der Waals surface area contributed by atoms with Crippen LogP contribution in [0.15, 0.2) is 18.2 Å². The number of amides is 3. The van der Waals surface area contributed by atoms with Crippen LogP contribution in [0.25, 0.3) is 0 Å². The van der Waals surface area contributed by atoms with Crippen molar-refractivity contribution >= 4 is 18.7 Å². The molecular weight excluding hydrogens is 378 g/mol. The molecule has 3 atom stereocenters. The van der Waals surface area contributed by atoms with Crippen molar-refractivity contribution in [2.24, 2.45) is 0 Å². The molecule has 0 aliphatic carbocycles. The van der Waals surface area contributed by atoms with Gasteiger partial charge in [0, 0.05) is 18.6 Å². The highest BCUT2D eigenvalue weighted by molar-refractivity contribution is 5.91. The first kappa shape index (κ1) is 24.1. The number of imide groups is 1. The average molecular weight is 416 g/mol. The Hall–Kier alpha value is -2.21. The Kier molecular flexibility index (Phi) is 10.0. The standard InChI is InChI=1S/C24H37N3O3/c1-4-6-9-21-10-7-11-22(26-21)19-13-12-18(3)20(14-19)15-27(17-29)23(8-5-2)24(30)25-16-28/h12-14,16-17,21-23,26H,4-11,15H2,1-3H3,(H,25,28,30). The fourth-order valence-electron chi connectivity index (χ4n) is 4.33. The molecule has 1 fully saturated rings. The van der Waals surface area contributed by atoms with Crippen LogP contribution in [0, 0.1) is 6.92 Å². The van der Waals surface area contributed by atoms with Crippen molar-refractivity contribution in [3.63, 3.8) is 0 Å². The lowest BCUT2D eigenvalue weighted by atomic mass is 9.90. The lowest BCUT2D eigenvalue weighted by Crippen LogP contribution is -2.45. The Morgan fingerprint density at radius 2 is 2.07 bits per heavy atom. The molecule has 6 heteroatoms. The summed E-state index contributed by atoms with van der Waals surface area (Å²) in [7, 11) is 0. The maximum absolute atomic E-state index is 12.3. The maximum atomic E-state index is 12.3. The number of unbranched alkanes of at least 4 members (excludes halogenated alkanes) is 1. The van der Waals surface area contributed by atoms with Crippen molar-refractivity contribution in [2.45, 2.75) is 96.8 Å². The number of aryl methyl sites for hydroxylation is 1. The molecule has 2 N–H and O–H groups in total. The molecule has 1 saturated heterocycles. The summed E-state index contributed by atoms with van der Waals surface area (Å²) >= 11 is 0. The van der Waals surface area contributed by atoms with Gasteiger partial charge in [-0.05, 0) is 49.3 Å². The molecule has 1 aliphatic rings. The third-order valence-electron chi connectivity index (χ3n) is 6.12. The summed E-state index contributed by atoms with van der Waals surface area (Å²) in [6.45, 7) is 6.57. The van der Waals surface area contributed by atoms with E-state index in [0.717, 1.165) is 30.4 Å². The SMILES string of the molecule is CCCCC1CCCC(c2ccc(C)c(CN(C=O)C(CCC)C(=O)NC=O)c2)N1. The smallest absolute Gasteiger partial charge is 0.249 e. The van der Waals surface area contributed by atoms with E-state index in [4.69, 9.17) is 0 Å². The summed E-state index contributed by atoms with van der Waals surface area (Å²) in [4.78, 5) is 36.3.